The number of hydrazone groups is 1. The van der Waals surface area contributed by atoms with Gasteiger partial charge in [-0.25, -0.2) is 9.59 Å². The number of nitrogens with zero attached hydrogens (tertiary/aromatic N) is 2. The number of hydrogen-bond donors (Lipinski definition) is 2. The van der Waals surface area contributed by atoms with Crippen LogP contribution in [0.15, 0.2) is 5.10 Å². The highest BCUT2D eigenvalue weighted by Gasteiger charge is 2.36. The van der Waals surface area contributed by atoms with Gasteiger partial charge in [0.2, 0.25) is 0 Å². The van der Waals surface area contributed by atoms with Gasteiger partial charge in [0.15, 0.2) is 6.04 Å². The maximum absolute atomic E-state index is 10.6. The lowest BCUT2D eigenvalue weighted by molar-refractivity contribution is -0.141. The molecule has 0 aromatic rings. The van der Waals surface area contributed by atoms with Crippen LogP contribution in [-0.2, 0) is 9.53 Å². The summed E-state index contributed by atoms with van der Waals surface area (Å²) in [6, 6.07) is -1.13. The Balaban J connectivity index is 2.76. The van der Waals surface area contributed by atoms with Gasteiger partial charge in [-0.15, -0.1) is 0 Å². The molecular weight excluding hydrogens is 192 g/mol. The van der Waals surface area contributed by atoms with Crippen LogP contribution in [0.4, 0.5) is 4.79 Å². The quantitative estimate of drug-likeness (QED) is 0.661. The zero-order valence-electron chi connectivity index (χ0n) is 7.51. The van der Waals surface area contributed by atoms with E-state index in [2.05, 4.69) is 5.10 Å². The summed E-state index contributed by atoms with van der Waals surface area (Å²) in [5.41, 5.74) is 0.419. The Morgan fingerprint density at radius 1 is 1.64 bits per heavy atom. The van der Waals surface area contributed by atoms with Gasteiger partial charge in [-0.3, -0.25) is 0 Å². The van der Waals surface area contributed by atoms with E-state index in [0.29, 0.717) is 10.7 Å². The number of amides is 1. The second kappa shape index (κ2) is 4.05. The summed E-state index contributed by atoms with van der Waals surface area (Å²) in [4.78, 5) is 21.2. The van der Waals surface area contributed by atoms with Crippen molar-refractivity contribution in [2.45, 2.75) is 12.5 Å². The van der Waals surface area contributed by atoms with Crippen LogP contribution >= 0.6 is 0 Å². The van der Waals surface area contributed by atoms with Crippen molar-refractivity contribution in [1.82, 2.24) is 5.01 Å². The molecule has 7 heteroatoms. The van der Waals surface area contributed by atoms with Crippen molar-refractivity contribution in [2.75, 3.05) is 13.7 Å². The summed E-state index contributed by atoms with van der Waals surface area (Å²) in [5.74, 6) is -1.21. The molecule has 0 saturated carbocycles. The van der Waals surface area contributed by atoms with Crippen molar-refractivity contribution < 1.29 is 24.5 Å². The number of carboxylic acids is 1. The molecule has 2 N–H and O–H groups in total. The smallest absolute Gasteiger partial charge is 0.428 e. The first-order valence-electron chi connectivity index (χ1n) is 3.86. The molecule has 1 heterocycles. The molecule has 0 saturated heterocycles. The number of rotatable bonds is 3. The van der Waals surface area contributed by atoms with E-state index in [-0.39, 0.29) is 13.0 Å². The molecule has 0 aliphatic carbocycles. The van der Waals surface area contributed by atoms with Crippen molar-refractivity contribution in [3.8, 4) is 0 Å². The van der Waals surface area contributed by atoms with E-state index < -0.39 is 18.1 Å². The van der Waals surface area contributed by atoms with E-state index in [9.17, 15) is 9.59 Å². The number of hydrogen-bond acceptors (Lipinski definition) is 4. The highest BCUT2D eigenvalue weighted by Crippen LogP contribution is 2.15. The van der Waals surface area contributed by atoms with E-state index in [1.165, 1.54) is 7.11 Å². The van der Waals surface area contributed by atoms with Crippen molar-refractivity contribution in [3.05, 3.63) is 0 Å². The monoisotopic (exact) mass is 202 g/mol. The number of carboxylic acid groups (broad SMARTS) is 2. The molecule has 0 bridgehead atoms. The summed E-state index contributed by atoms with van der Waals surface area (Å²) in [5, 5.41) is 21.5. The van der Waals surface area contributed by atoms with E-state index >= 15 is 0 Å². The molecule has 1 aliphatic heterocycles. The first-order valence-corrected chi connectivity index (χ1v) is 3.86. The number of ether oxygens (including phenoxy) is 1. The number of aliphatic carboxylic acids is 1. The predicted octanol–water partition coefficient (Wildman–Crippen LogP) is -0.174. The van der Waals surface area contributed by atoms with Crippen molar-refractivity contribution in [1.29, 1.82) is 0 Å². The van der Waals surface area contributed by atoms with Gasteiger partial charge >= 0.3 is 12.1 Å². The summed E-state index contributed by atoms with van der Waals surface area (Å²) in [6.07, 6.45) is -1.29. The molecule has 1 unspecified atom stereocenters. The van der Waals surface area contributed by atoms with E-state index in [4.69, 9.17) is 14.9 Å². The van der Waals surface area contributed by atoms with Gasteiger partial charge < -0.3 is 14.9 Å². The molecule has 7 nitrogen and oxygen atoms in total. The first kappa shape index (κ1) is 10.5. The summed E-state index contributed by atoms with van der Waals surface area (Å²) in [7, 11) is 1.43. The van der Waals surface area contributed by atoms with Crippen LogP contribution in [0.3, 0.4) is 0 Å². The number of methoxy groups -OCH3 is 1. The molecule has 1 atom stereocenters. The third-order valence-corrected chi connectivity index (χ3v) is 1.77. The van der Waals surface area contributed by atoms with Gasteiger partial charge in [0.1, 0.15) is 0 Å². The predicted molar refractivity (Wildman–Crippen MR) is 45.2 cm³/mol. The average Bonchev–Trinajstić information content (AvgIpc) is 2.49. The molecule has 0 aromatic heterocycles. The highest BCUT2D eigenvalue weighted by molar-refractivity contribution is 5.95. The van der Waals surface area contributed by atoms with Gasteiger partial charge in [-0.1, -0.05) is 0 Å². The Morgan fingerprint density at radius 2 is 2.29 bits per heavy atom. The summed E-state index contributed by atoms with van der Waals surface area (Å²) >= 11 is 0. The minimum Gasteiger partial charge on any atom is -0.480 e. The normalized spacial score (nSPS) is 20.8. The largest absolute Gasteiger partial charge is 0.480 e. The minimum atomic E-state index is -1.37. The summed E-state index contributed by atoms with van der Waals surface area (Å²) < 4.78 is 4.74. The number of carbonyl (C=O) groups is 2. The van der Waals surface area contributed by atoms with Crippen LogP contribution in [0, 0.1) is 0 Å². The van der Waals surface area contributed by atoms with Crippen molar-refractivity contribution in [2.24, 2.45) is 5.10 Å². The van der Waals surface area contributed by atoms with Gasteiger partial charge in [-0.2, -0.15) is 10.1 Å². The SMILES string of the molecule is COCC1=NN(C(=O)O)C(C(=O)O)C1. The lowest BCUT2D eigenvalue weighted by Crippen LogP contribution is -2.37. The van der Waals surface area contributed by atoms with E-state index in [1.807, 2.05) is 0 Å². The van der Waals surface area contributed by atoms with E-state index in [0.717, 1.165) is 0 Å². The Labute approximate surface area is 79.6 Å². The highest BCUT2D eigenvalue weighted by atomic mass is 16.5. The molecule has 0 radical (unpaired) electrons. The van der Waals surface area contributed by atoms with Gasteiger partial charge in [0.05, 0.1) is 12.3 Å². The molecule has 1 aliphatic rings. The summed E-state index contributed by atoms with van der Waals surface area (Å²) in [6.45, 7) is 0.146. The van der Waals surface area contributed by atoms with Gasteiger partial charge in [0.25, 0.3) is 0 Å². The van der Waals surface area contributed by atoms with Crippen LogP contribution < -0.4 is 0 Å². The fraction of sp³-hybridized carbons (Fsp3) is 0.571. The second-order valence-electron chi connectivity index (χ2n) is 2.78. The van der Waals surface area contributed by atoms with Crippen LogP contribution in [0.2, 0.25) is 0 Å². The molecule has 78 valence electrons. The fourth-order valence-corrected chi connectivity index (χ4v) is 1.19. The molecule has 0 aromatic carbocycles. The van der Waals surface area contributed by atoms with Crippen LogP contribution in [0.5, 0.6) is 0 Å². The molecule has 0 spiro atoms. The lowest BCUT2D eigenvalue weighted by atomic mass is 10.1. The van der Waals surface area contributed by atoms with Crippen LogP contribution in [0.1, 0.15) is 6.42 Å². The Kier molecular flexibility index (Phi) is 3.03. The average molecular weight is 202 g/mol. The standard InChI is InChI=1S/C7H10N2O5/c1-14-3-4-2-5(6(10)11)9(8-4)7(12)13/h5H,2-3H2,1H3,(H,10,11)(H,12,13). The van der Waals surface area contributed by atoms with Gasteiger partial charge in [0, 0.05) is 13.5 Å². The molecular formula is C7H10N2O5. The van der Waals surface area contributed by atoms with Crippen molar-refractivity contribution >= 4 is 17.8 Å². The van der Waals surface area contributed by atoms with Crippen LogP contribution in [-0.4, -0.2) is 52.8 Å². The second-order valence-corrected chi connectivity index (χ2v) is 2.78. The Hall–Kier alpha value is -1.63. The van der Waals surface area contributed by atoms with Gasteiger partial charge in [-0.05, 0) is 0 Å². The van der Waals surface area contributed by atoms with Crippen molar-refractivity contribution in [3.63, 3.8) is 0 Å². The molecule has 1 amide bonds. The third kappa shape index (κ3) is 1.99. The van der Waals surface area contributed by atoms with Crippen LogP contribution in [0.25, 0.3) is 0 Å². The Morgan fingerprint density at radius 3 is 2.64 bits per heavy atom. The minimum absolute atomic E-state index is 0.0788. The topological polar surface area (TPSA) is 99.4 Å². The maximum Gasteiger partial charge on any atom is 0.428 e. The molecule has 0 fully saturated rings. The zero-order chi connectivity index (χ0) is 10.7. The molecule has 14 heavy (non-hydrogen) atoms. The fourth-order valence-electron chi connectivity index (χ4n) is 1.19. The Bertz CT molecular complexity index is 288. The first-order chi connectivity index (χ1) is 6.56. The lowest BCUT2D eigenvalue weighted by Gasteiger charge is -2.13. The zero-order valence-corrected chi connectivity index (χ0v) is 7.51. The third-order valence-electron chi connectivity index (χ3n) is 1.77. The molecule has 1 rings (SSSR count). The van der Waals surface area contributed by atoms with E-state index in [1.54, 1.807) is 0 Å². The maximum atomic E-state index is 10.6.